The molecule has 0 aromatic heterocycles. The maximum Gasteiger partial charge on any atom is 0.335 e. The van der Waals surface area contributed by atoms with E-state index in [1.54, 1.807) is 36.4 Å². The molecule has 3 aromatic rings. The molecule has 3 N–H and O–H groups in total. The van der Waals surface area contributed by atoms with Crippen LogP contribution in [0.5, 0.6) is 11.5 Å². The zero-order valence-electron chi connectivity index (χ0n) is 19.6. The van der Waals surface area contributed by atoms with E-state index in [0.29, 0.717) is 24.4 Å². The van der Waals surface area contributed by atoms with Crippen LogP contribution in [0.15, 0.2) is 66.7 Å². The second kappa shape index (κ2) is 11.2. The molecule has 0 aliphatic carbocycles. The Morgan fingerprint density at radius 1 is 1.03 bits per heavy atom. The fourth-order valence-electron chi connectivity index (χ4n) is 4.02. The summed E-state index contributed by atoms with van der Waals surface area (Å²) in [5.74, 6) is 0.530. The summed E-state index contributed by atoms with van der Waals surface area (Å²) in [6.45, 7) is 2.66. The topological polar surface area (TPSA) is 105 Å². The fourth-order valence-corrected chi connectivity index (χ4v) is 4.02. The van der Waals surface area contributed by atoms with Crippen molar-refractivity contribution < 1.29 is 29.3 Å². The van der Waals surface area contributed by atoms with Crippen molar-refractivity contribution >= 4 is 11.8 Å². The lowest BCUT2D eigenvalue weighted by Gasteiger charge is -2.27. The van der Waals surface area contributed by atoms with Crippen LogP contribution in [0, 0.1) is 0 Å². The number of aliphatic hydroxyl groups is 1. The molecule has 0 saturated heterocycles. The Hall–Kier alpha value is -3.68. The van der Waals surface area contributed by atoms with Gasteiger partial charge in [0.1, 0.15) is 30.3 Å². The van der Waals surface area contributed by atoms with Crippen LogP contribution in [0.2, 0.25) is 0 Å². The van der Waals surface area contributed by atoms with E-state index >= 15 is 0 Å². The summed E-state index contributed by atoms with van der Waals surface area (Å²) in [5, 5.41) is 22.5. The first kappa shape index (κ1) is 24.4. The molecule has 182 valence electrons. The molecule has 2 unspecified atom stereocenters. The molecule has 1 aliphatic heterocycles. The molecule has 0 amide bonds. The van der Waals surface area contributed by atoms with Crippen molar-refractivity contribution in [1.82, 2.24) is 5.32 Å². The summed E-state index contributed by atoms with van der Waals surface area (Å²) in [5.41, 5.74) is 4.02. The standard InChI is InChI=1S/C28H29NO6/c1-18(30)19-6-10-25(11-7-19)34-17-24(31)15-29-16-26-12-8-23-14-22(9-13-27(23)35-26)20-2-4-21(5-3-20)28(32)33/h2-7,9-11,13-14,24,26,29,31H,8,12,15-17H2,1H3,(H,32,33). The molecular weight excluding hydrogens is 446 g/mol. The Kier molecular flexibility index (Phi) is 7.80. The lowest BCUT2D eigenvalue weighted by atomic mass is 9.96. The molecule has 1 heterocycles. The van der Waals surface area contributed by atoms with Crippen LogP contribution in [-0.2, 0) is 6.42 Å². The Morgan fingerprint density at radius 3 is 2.40 bits per heavy atom. The van der Waals surface area contributed by atoms with Gasteiger partial charge in [-0.15, -0.1) is 0 Å². The minimum atomic E-state index is -0.935. The number of hydrogen-bond acceptors (Lipinski definition) is 6. The van der Waals surface area contributed by atoms with Gasteiger partial charge >= 0.3 is 5.97 Å². The van der Waals surface area contributed by atoms with Crippen molar-refractivity contribution in [2.24, 2.45) is 0 Å². The van der Waals surface area contributed by atoms with Crippen LogP contribution < -0.4 is 14.8 Å². The second-order valence-corrected chi connectivity index (χ2v) is 8.69. The summed E-state index contributed by atoms with van der Waals surface area (Å²) in [7, 11) is 0. The first-order valence-electron chi connectivity index (χ1n) is 11.6. The fraction of sp³-hybridized carbons (Fsp3) is 0.286. The molecular formula is C28H29NO6. The van der Waals surface area contributed by atoms with Crippen molar-refractivity contribution in [3.8, 4) is 22.6 Å². The number of ether oxygens (including phenoxy) is 2. The van der Waals surface area contributed by atoms with Gasteiger partial charge < -0.3 is 25.0 Å². The summed E-state index contributed by atoms with van der Waals surface area (Å²) in [6.07, 6.45) is 1.07. The normalized spacial score (nSPS) is 15.5. The number of benzene rings is 3. The molecule has 4 rings (SSSR count). The zero-order chi connectivity index (χ0) is 24.8. The van der Waals surface area contributed by atoms with E-state index in [4.69, 9.17) is 14.6 Å². The van der Waals surface area contributed by atoms with Gasteiger partial charge in [-0.05, 0) is 85.0 Å². The molecule has 0 saturated carbocycles. The lowest BCUT2D eigenvalue weighted by molar-refractivity contribution is 0.0696. The Balaban J connectivity index is 1.22. The predicted octanol–water partition coefficient (Wildman–Crippen LogP) is 3.98. The molecule has 7 nitrogen and oxygen atoms in total. The highest BCUT2D eigenvalue weighted by Crippen LogP contribution is 2.32. The molecule has 7 heteroatoms. The van der Waals surface area contributed by atoms with E-state index in [2.05, 4.69) is 11.4 Å². The molecule has 2 atom stereocenters. The zero-order valence-corrected chi connectivity index (χ0v) is 19.6. The Bertz CT molecular complexity index is 1170. The van der Waals surface area contributed by atoms with E-state index < -0.39 is 12.1 Å². The van der Waals surface area contributed by atoms with Crippen LogP contribution in [0.1, 0.15) is 39.6 Å². The number of carbonyl (C=O) groups excluding carboxylic acids is 1. The number of carbonyl (C=O) groups is 2. The Labute approximate surface area is 204 Å². The monoisotopic (exact) mass is 475 g/mol. The van der Waals surface area contributed by atoms with Crippen molar-refractivity contribution in [1.29, 1.82) is 0 Å². The quantitative estimate of drug-likeness (QED) is 0.381. The average Bonchev–Trinajstić information content (AvgIpc) is 2.87. The summed E-state index contributed by atoms with van der Waals surface area (Å²) in [4.78, 5) is 22.4. The third-order valence-electron chi connectivity index (χ3n) is 6.01. The van der Waals surface area contributed by atoms with Crippen molar-refractivity contribution in [3.05, 3.63) is 83.4 Å². The third kappa shape index (κ3) is 6.47. The number of fused-ring (bicyclic) bond motifs is 1. The highest BCUT2D eigenvalue weighted by atomic mass is 16.5. The third-order valence-corrected chi connectivity index (χ3v) is 6.01. The van der Waals surface area contributed by atoms with E-state index in [9.17, 15) is 14.7 Å². The predicted molar refractivity (Wildman–Crippen MR) is 132 cm³/mol. The average molecular weight is 476 g/mol. The van der Waals surface area contributed by atoms with Gasteiger partial charge in [-0.2, -0.15) is 0 Å². The first-order valence-corrected chi connectivity index (χ1v) is 11.6. The van der Waals surface area contributed by atoms with Gasteiger partial charge in [0.15, 0.2) is 5.78 Å². The van der Waals surface area contributed by atoms with Gasteiger partial charge in [0, 0.05) is 18.7 Å². The van der Waals surface area contributed by atoms with Crippen LogP contribution in [0.4, 0.5) is 0 Å². The molecule has 0 bridgehead atoms. The second-order valence-electron chi connectivity index (χ2n) is 8.69. The first-order chi connectivity index (χ1) is 16.9. The molecule has 1 aliphatic rings. The van der Waals surface area contributed by atoms with Crippen LogP contribution >= 0.6 is 0 Å². The number of nitrogens with one attached hydrogen (secondary N) is 1. The van der Waals surface area contributed by atoms with Crippen LogP contribution in [0.3, 0.4) is 0 Å². The van der Waals surface area contributed by atoms with E-state index in [1.165, 1.54) is 6.92 Å². The largest absolute Gasteiger partial charge is 0.491 e. The number of aromatic carboxylic acids is 1. The van der Waals surface area contributed by atoms with Gasteiger partial charge in [0.2, 0.25) is 0 Å². The molecule has 3 aromatic carbocycles. The number of carboxylic acid groups (broad SMARTS) is 1. The van der Waals surface area contributed by atoms with Gasteiger partial charge in [0.05, 0.1) is 5.56 Å². The molecule has 0 radical (unpaired) electrons. The van der Waals surface area contributed by atoms with Crippen LogP contribution in [0.25, 0.3) is 11.1 Å². The number of rotatable bonds is 10. The van der Waals surface area contributed by atoms with Gasteiger partial charge in [0.25, 0.3) is 0 Å². The molecule has 0 fully saturated rings. The number of aliphatic hydroxyl groups excluding tert-OH is 1. The summed E-state index contributed by atoms with van der Waals surface area (Å²) < 4.78 is 11.7. The summed E-state index contributed by atoms with van der Waals surface area (Å²) >= 11 is 0. The van der Waals surface area contributed by atoms with Crippen molar-refractivity contribution in [2.75, 3.05) is 19.7 Å². The van der Waals surface area contributed by atoms with Crippen LogP contribution in [-0.4, -0.2) is 53.9 Å². The lowest BCUT2D eigenvalue weighted by Crippen LogP contribution is -2.39. The number of aryl methyl sites for hydroxylation is 1. The Morgan fingerprint density at radius 2 is 1.71 bits per heavy atom. The minimum Gasteiger partial charge on any atom is -0.491 e. The van der Waals surface area contributed by atoms with Gasteiger partial charge in [-0.3, -0.25) is 4.79 Å². The van der Waals surface area contributed by atoms with Gasteiger partial charge in [-0.25, -0.2) is 4.79 Å². The highest BCUT2D eigenvalue weighted by Gasteiger charge is 2.20. The smallest absolute Gasteiger partial charge is 0.335 e. The number of hydrogen-bond donors (Lipinski definition) is 3. The molecule has 35 heavy (non-hydrogen) atoms. The van der Waals surface area contributed by atoms with Crippen molar-refractivity contribution in [2.45, 2.75) is 32.0 Å². The summed E-state index contributed by atoms with van der Waals surface area (Å²) in [6, 6.07) is 19.8. The maximum atomic E-state index is 11.3. The minimum absolute atomic E-state index is 0.000977. The molecule has 0 spiro atoms. The van der Waals surface area contributed by atoms with Crippen molar-refractivity contribution in [3.63, 3.8) is 0 Å². The SMILES string of the molecule is CC(=O)c1ccc(OCC(O)CNCC2CCc3cc(-c4ccc(C(=O)O)cc4)ccc3O2)cc1. The number of carboxylic acids is 1. The number of ketones is 1. The van der Waals surface area contributed by atoms with E-state index in [1.807, 2.05) is 24.3 Å². The van der Waals surface area contributed by atoms with Gasteiger partial charge in [-0.1, -0.05) is 18.2 Å². The van der Waals surface area contributed by atoms with E-state index in [0.717, 1.165) is 35.3 Å². The highest BCUT2D eigenvalue weighted by molar-refractivity contribution is 5.94. The maximum absolute atomic E-state index is 11.3. The number of Topliss-reactive ketones (excluding diaryl/α,β-unsaturated/α-hetero) is 1. The van der Waals surface area contributed by atoms with E-state index in [-0.39, 0.29) is 24.1 Å².